The summed E-state index contributed by atoms with van der Waals surface area (Å²) in [5, 5.41) is 5.92. The number of halogens is 3. The van der Waals surface area contributed by atoms with Crippen molar-refractivity contribution >= 4 is 27.6 Å². The minimum atomic E-state index is -4.79. The Morgan fingerprint density at radius 1 is 0.957 bits per heavy atom. The average Bonchev–Trinajstić information content (AvgIpc) is 3.05. The van der Waals surface area contributed by atoms with Crippen molar-refractivity contribution in [3.05, 3.63) is 55.0 Å². The number of amides is 2. The second-order valence-corrected chi connectivity index (χ2v) is 12.7. The van der Waals surface area contributed by atoms with Crippen LogP contribution in [0.1, 0.15) is 38.2 Å². The molecule has 4 aromatic heterocycles. The van der Waals surface area contributed by atoms with Crippen LogP contribution < -0.4 is 20.3 Å². The lowest BCUT2D eigenvalue weighted by Gasteiger charge is -2.36. The Kier molecular flexibility index (Phi) is 9.78. The van der Waals surface area contributed by atoms with E-state index in [-0.39, 0.29) is 40.5 Å². The number of alkyl halides is 3. The van der Waals surface area contributed by atoms with Gasteiger partial charge in [0, 0.05) is 67.0 Å². The molecule has 2 amide bonds. The molecule has 5 rings (SSSR count). The number of methoxy groups -OCH3 is 1. The Bertz CT molecular complexity index is 1820. The molecule has 0 unspecified atom stereocenters. The van der Waals surface area contributed by atoms with Crippen molar-refractivity contribution < 1.29 is 31.1 Å². The van der Waals surface area contributed by atoms with Crippen LogP contribution in [0.5, 0.6) is 6.01 Å². The molecule has 4 aromatic rings. The Hall–Kier alpha value is -5.00. The van der Waals surface area contributed by atoms with Gasteiger partial charge in [-0.2, -0.15) is 13.2 Å². The molecule has 14 nitrogen and oxygen atoms in total. The fraction of sp³-hybridized carbons (Fsp3) is 0.379. The van der Waals surface area contributed by atoms with Crippen LogP contribution in [0.4, 0.5) is 29.7 Å². The van der Waals surface area contributed by atoms with E-state index >= 15 is 0 Å². The molecule has 4 heterocycles. The molecule has 47 heavy (non-hydrogen) atoms. The highest BCUT2D eigenvalue weighted by atomic mass is 32.2. The van der Waals surface area contributed by atoms with Gasteiger partial charge >= 0.3 is 18.2 Å². The standard InChI is InChI=1S/C29H31F3N10O4S/c1-4-34-28(43)42(24-16-35-23(15-36-24)18-11-38-27(46-2)39-12-18)20-7-5-19(6-8-20)40-26-37-14-22(29(30,31)32)25(41-26)17-9-21(13-33-10-17)47(3,44)45/h9-16,19-20H,4-8H2,1-3H3,(H,34,43)(H,37,40,41). The molecule has 18 heteroatoms. The SMILES string of the molecule is CCNC(=O)N(c1cnc(-c2cnc(OC)nc2)cn1)C1CCC(Nc2ncc(C(F)(F)F)c(-c3cncc(S(C)(=O)=O)c3)n2)CC1. The number of carbonyl (C=O) groups excluding carboxylic acids is 1. The highest BCUT2D eigenvalue weighted by Crippen LogP contribution is 2.37. The number of anilines is 2. The number of carbonyl (C=O) groups is 1. The van der Waals surface area contributed by atoms with Gasteiger partial charge in [-0.05, 0) is 38.7 Å². The Morgan fingerprint density at radius 3 is 2.28 bits per heavy atom. The van der Waals surface area contributed by atoms with Crippen LogP contribution in [-0.2, 0) is 16.0 Å². The van der Waals surface area contributed by atoms with Gasteiger partial charge in [0.15, 0.2) is 15.7 Å². The Labute approximate surface area is 268 Å². The summed E-state index contributed by atoms with van der Waals surface area (Å²) in [6, 6.07) is 0.534. The molecule has 0 aromatic carbocycles. The third kappa shape index (κ3) is 7.87. The first kappa shape index (κ1) is 33.4. The van der Waals surface area contributed by atoms with Gasteiger partial charge in [0.25, 0.3) is 0 Å². The maximum absolute atomic E-state index is 13.9. The van der Waals surface area contributed by atoms with E-state index in [4.69, 9.17) is 4.74 Å². The maximum Gasteiger partial charge on any atom is 0.419 e. The monoisotopic (exact) mass is 672 g/mol. The molecule has 1 aliphatic carbocycles. The zero-order valence-corrected chi connectivity index (χ0v) is 26.4. The third-order valence-corrected chi connectivity index (χ3v) is 8.52. The van der Waals surface area contributed by atoms with Gasteiger partial charge in [0.1, 0.15) is 5.56 Å². The van der Waals surface area contributed by atoms with Crippen molar-refractivity contribution in [2.75, 3.05) is 30.1 Å². The number of ether oxygens (including phenoxy) is 1. The van der Waals surface area contributed by atoms with Crippen LogP contribution in [0.3, 0.4) is 0 Å². The quantitative estimate of drug-likeness (QED) is 0.260. The molecular formula is C29H31F3N10O4S. The molecule has 1 saturated carbocycles. The van der Waals surface area contributed by atoms with Gasteiger partial charge < -0.3 is 15.4 Å². The third-order valence-electron chi connectivity index (χ3n) is 7.44. The van der Waals surface area contributed by atoms with Crippen molar-refractivity contribution in [3.63, 3.8) is 0 Å². The smallest absolute Gasteiger partial charge is 0.419 e. The van der Waals surface area contributed by atoms with E-state index in [0.717, 1.165) is 24.7 Å². The number of sulfone groups is 1. The number of nitrogens with zero attached hydrogens (tertiary/aromatic N) is 8. The first-order valence-corrected chi connectivity index (χ1v) is 16.4. The number of hydrogen-bond donors (Lipinski definition) is 2. The topological polar surface area (TPSA) is 178 Å². The van der Waals surface area contributed by atoms with E-state index in [1.165, 1.54) is 19.5 Å². The number of rotatable bonds is 9. The van der Waals surface area contributed by atoms with E-state index in [2.05, 4.69) is 45.5 Å². The van der Waals surface area contributed by atoms with Crippen molar-refractivity contribution in [2.24, 2.45) is 0 Å². The van der Waals surface area contributed by atoms with Crippen LogP contribution in [0, 0.1) is 0 Å². The molecule has 0 saturated heterocycles. The molecule has 0 bridgehead atoms. The number of aromatic nitrogens is 7. The minimum absolute atomic E-state index is 0.0502. The zero-order valence-electron chi connectivity index (χ0n) is 25.6. The van der Waals surface area contributed by atoms with E-state index in [1.54, 1.807) is 24.2 Å². The van der Waals surface area contributed by atoms with Crippen molar-refractivity contribution in [2.45, 2.75) is 55.8 Å². The number of hydrogen-bond acceptors (Lipinski definition) is 12. The van der Waals surface area contributed by atoms with Crippen molar-refractivity contribution in [1.82, 2.24) is 40.2 Å². The van der Waals surface area contributed by atoms with Crippen LogP contribution in [0.15, 0.2) is 54.3 Å². The summed E-state index contributed by atoms with van der Waals surface area (Å²) < 4.78 is 70.6. The average molecular weight is 673 g/mol. The highest BCUT2D eigenvalue weighted by Gasteiger charge is 2.36. The lowest BCUT2D eigenvalue weighted by atomic mass is 9.90. The largest absolute Gasteiger partial charge is 0.467 e. The second kappa shape index (κ2) is 13.8. The number of urea groups is 1. The van der Waals surface area contributed by atoms with Crippen LogP contribution in [-0.4, -0.2) is 81.3 Å². The zero-order chi connectivity index (χ0) is 33.8. The summed E-state index contributed by atoms with van der Waals surface area (Å²) in [6.45, 7) is 2.21. The van der Waals surface area contributed by atoms with Gasteiger partial charge in [-0.15, -0.1) is 0 Å². The first-order valence-electron chi connectivity index (χ1n) is 14.5. The molecule has 2 N–H and O–H groups in total. The summed E-state index contributed by atoms with van der Waals surface area (Å²) in [6.07, 6.45) is 7.30. The van der Waals surface area contributed by atoms with Crippen molar-refractivity contribution in [3.8, 4) is 28.5 Å². The van der Waals surface area contributed by atoms with E-state index in [0.29, 0.717) is 55.5 Å². The van der Waals surface area contributed by atoms with Gasteiger partial charge in [-0.25, -0.2) is 38.1 Å². The lowest BCUT2D eigenvalue weighted by molar-refractivity contribution is -0.137. The number of pyridine rings is 1. The normalized spacial score (nSPS) is 16.7. The summed E-state index contributed by atoms with van der Waals surface area (Å²) in [5.74, 6) is 0.303. The van der Waals surface area contributed by atoms with Gasteiger partial charge in [-0.3, -0.25) is 14.9 Å². The van der Waals surface area contributed by atoms with Crippen LogP contribution in [0.25, 0.3) is 22.5 Å². The molecule has 248 valence electrons. The second-order valence-electron chi connectivity index (χ2n) is 10.7. The van der Waals surface area contributed by atoms with E-state index in [9.17, 15) is 26.4 Å². The summed E-state index contributed by atoms with van der Waals surface area (Å²) in [5.41, 5.74) is -0.599. The van der Waals surface area contributed by atoms with Gasteiger partial charge in [-0.1, -0.05) is 0 Å². The fourth-order valence-electron chi connectivity index (χ4n) is 5.13. The van der Waals surface area contributed by atoms with Gasteiger partial charge in [0.05, 0.1) is 35.8 Å². The van der Waals surface area contributed by atoms with E-state index < -0.39 is 27.3 Å². The Balaban J connectivity index is 1.32. The molecular weight excluding hydrogens is 641 g/mol. The Morgan fingerprint density at radius 2 is 1.68 bits per heavy atom. The molecule has 0 spiro atoms. The summed E-state index contributed by atoms with van der Waals surface area (Å²) in [4.78, 5) is 43.4. The fourth-order valence-corrected chi connectivity index (χ4v) is 5.73. The molecule has 0 aliphatic heterocycles. The summed E-state index contributed by atoms with van der Waals surface area (Å²) >= 11 is 0. The first-order chi connectivity index (χ1) is 22.4. The van der Waals surface area contributed by atoms with Gasteiger partial charge in [0.2, 0.25) is 5.95 Å². The minimum Gasteiger partial charge on any atom is -0.467 e. The number of nitrogens with one attached hydrogen (secondary N) is 2. The maximum atomic E-state index is 13.9. The molecule has 1 fully saturated rings. The van der Waals surface area contributed by atoms with Crippen LogP contribution >= 0.6 is 0 Å². The highest BCUT2D eigenvalue weighted by molar-refractivity contribution is 7.90. The molecule has 0 atom stereocenters. The van der Waals surface area contributed by atoms with Crippen molar-refractivity contribution in [1.29, 1.82) is 0 Å². The lowest BCUT2D eigenvalue weighted by Crippen LogP contribution is -2.49. The van der Waals surface area contributed by atoms with E-state index in [1.807, 2.05) is 0 Å². The molecule has 0 radical (unpaired) electrons. The predicted molar refractivity (Wildman–Crippen MR) is 164 cm³/mol. The molecule has 1 aliphatic rings. The predicted octanol–water partition coefficient (Wildman–Crippen LogP) is 4.18. The van der Waals surface area contributed by atoms with Crippen LogP contribution in [0.2, 0.25) is 0 Å². The summed E-state index contributed by atoms with van der Waals surface area (Å²) in [7, 11) is -2.26.